The monoisotopic (exact) mass is 270 g/mol. The van der Waals surface area contributed by atoms with Crippen LogP contribution in [0.1, 0.15) is 34.6 Å². The Kier molecular flexibility index (Phi) is 4.44. The van der Waals surface area contributed by atoms with E-state index in [1.54, 1.807) is 13.8 Å². The molecule has 0 atom stereocenters. The van der Waals surface area contributed by atoms with Gasteiger partial charge in [0, 0.05) is 18.7 Å². The zero-order valence-corrected chi connectivity index (χ0v) is 10.8. The molecule has 0 aliphatic carbocycles. The van der Waals surface area contributed by atoms with Crippen molar-refractivity contribution in [2.75, 3.05) is 7.05 Å². The van der Waals surface area contributed by atoms with Gasteiger partial charge in [-0.2, -0.15) is 0 Å². The third-order valence-corrected chi connectivity index (χ3v) is 2.35. The molecule has 6 nitrogen and oxygen atoms in total. The number of rotatable bonds is 4. The van der Waals surface area contributed by atoms with E-state index >= 15 is 0 Å². The fourth-order valence-electron chi connectivity index (χ4n) is 1.57. The molecule has 0 aliphatic rings. The van der Waals surface area contributed by atoms with Crippen LogP contribution in [0.25, 0.3) is 0 Å². The molecule has 0 spiro atoms. The fourth-order valence-corrected chi connectivity index (χ4v) is 1.57. The molecule has 0 fully saturated rings. The molecule has 104 valence electrons. The lowest BCUT2D eigenvalue weighted by atomic mass is 10.1. The minimum atomic E-state index is -1.33. The molecule has 7 heteroatoms. The van der Waals surface area contributed by atoms with Gasteiger partial charge in [0.2, 0.25) is 0 Å². The van der Waals surface area contributed by atoms with E-state index in [4.69, 9.17) is 0 Å². The van der Waals surface area contributed by atoms with E-state index in [0.717, 1.165) is 11.1 Å². The first-order valence-electron chi connectivity index (χ1n) is 5.53. The predicted octanol–water partition coefficient (Wildman–Crippen LogP) is 1.03. The molecule has 0 radical (unpaired) electrons. The van der Waals surface area contributed by atoms with Crippen molar-refractivity contribution in [2.24, 2.45) is 0 Å². The summed E-state index contributed by atoms with van der Waals surface area (Å²) in [6.45, 7) is 3.55. The van der Waals surface area contributed by atoms with E-state index in [2.05, 4.69) is 5.43 Å². The van der Waals surface area contributed by atoms with Gasteiger partial charge in [0.1, 0.15) is 0 Å². The Morgan fingerprint density at radius 2 is 2.05 bits per heavy atom. The van der Waals surface area contributed by atoms with Gasteiger partial charge in [0.25, 0.3) is 5.91 Å². The normalized spacial score (nSPS) is 10.6. The number of phenols is 2. The number of carbonyl (C=O) groups excluding carboxylic acids is 2. The number of hydrogen-bond acceptors (Lipinski definition) is 5. The van der Waals surface area contributed by atoms with Crippen LogP contribution in [0.15, 0.2) is 6.07 Å². The summed E-state index contributed by atoms with van der Waals surface area (Å²) in [4.78, 5) is 22.9. The maximum atomic E-state index is 13.8. The van der Waals surface area contributed by atoms with Crippen molar-refractivity contribution in [3.8, 4) is 11.5 Å². The summed E-state index contributed by atoms with van der Waals surface area (Å²) in [5.74, 6) is -4.02. The number of halogens is 1. The number of carbonyl (C=O) groups is 2. The summed E-state index contributed by atoms with van der Waals surface area (Å²) in [5, 5.41) is 19.5. The number of benzene rings is 1. The van der Waals surface area contributed by atoms with E-state index in [9.17, 15) is 24.2 Å². The van der Waals surface area contributed by atoms with Gasteiger partial charge in [-0.15, -0.1) is 0 Å². The van der Waals surface area contributed by atoms with Crippen LogP contribution in [0.3, 0.4) is 0 Å². The third kappa shape index (κ3) is 3.00. The molecule has 0 aromatic heterocycles. The van der Waals surface area contributed by atoms with Crippen molar-refractivity contribution < 1.29 is 24.2 Å². The van der Waals surface area contributed by atoms with Crippen LogP contribution in [-0.4, -0.2) is 40.5 Å². The summed E-state index contributed by atoms with van der Waals surface area (Å²) < 4.78 is 13.8. The van der Waals surface area contributed by atoms with E-state index in [1.165, 1.54) is 7.05 Å². The first kappa shape index (κ1) is 14.9. The van der Waals surface area contributed by atoms with Crippen molar-refractivity contribution in [1.29, 1.82) is 0 Å². The van der Waals surface area contributed by atoms with Gasteiger partial charge >= 0.3 is 0 Å². The van der Waals surface area contributed by atoms with Gasteiger partial charge in [0.05, 0.1) is 5.56 Å². The summed E-state index contributed by atoms with van der Waals surface area (Å²) in [6.07, 6.45) is 0.235. The topological polar surface area (TPSA) is 89.9 Å². The highest BCUT2D eigenvalue weighted by Gasteiger charge is 2.25. The minimum absolute atomic E-state index is 0.0811. The third-order valence-electron chi connectivity index (χ3n) is 2.35. The van der Waals surface area contributed by atoms with E-state index in [0.29, 0.717) is 0 Å². The maximum absolute atomic E-state index is 13.8. The number of hydrazine groups is 1. The summed E-state index contributed by atoms with van der Waals surface area (Å²) in [7, 11) is 1.36. The van der Waals surface area contributed by atoms with Crippen molar-refractivity contribution in [2.45, 2.75) is 19.9 Å². The van der Waals surface area contributed by atoms with Crippen molar-refractivity contribution in [3.05, 3.63) is 23.0 Å². The maximum Gasteiger partial charge on any atom is 0.271 e. The number of nitrogens with zero attached hydrogens (tertiary/aromatic N) is 1. The quantitative estimate of drug-likeness (QED) is 0.432. The summed E-state index contributed by atoms with van der Waals surface area (Å²) in [6, 6.07) is 0.754. The highest BCUT2D eigenvalue weighted by atomic mass is 19.1. The lowest BCUT2D eigenvalue weighted by Crippen LogP contribution is -2.44. The first-order valence-corrected chi connectivity index (χ1v) is 5.53. The van der Waals surface area contributed by atoms with Gasteiger partial charge in [-0.1, -0.05) is 0 Å². The van der Waals surface area contributed by atoms with Crippen LogP contribution in [0.4, 0.5) is 4.39 Å². The van der Waals surface area contributed by atoms with Gasteiger partial charge in [-0.05, 0) is 19.9 Å². The average molecular weight is 270 g/mol. The van der Waals surface area contributed by atoms with Crippen LogP contribution in [0, 0.1) is 5.82 Å². The highest BCUT2D eigenvalue weighted by molar-refractivity contribution is 6.02. The van der Waals surface area contributed by atoms with Crippen molar-refractivity contribution >= 4 is 12.2 Å². The molecule has 0 unspecified atom stereocenters. The first-order chi connectivity index (χ1) is 8.79. The molecule has 0 saturated carbocycles. The standard InChI is InChI=1S/C12H15FN2O4/c1-6(2)14-15(3)12(19)9-7(5-16)4-8(17)11(18)10(9)13/h4-6,14,17-18H,1-3H3. The molecule has 1 rings (SSSR count). The molecule has 1 aromatic carbocycles. The SMILES string of the molecule is CC(C)NN(C)C(=O)c1c(C=O)cc(O)c(O)c1F. The second-order valence-corrected chi connectivity index (χ2v) is 4.29. The molecular weight excluding hydrogens is 255 g/mol. The predicted molar refractivity (Wildman–Crippen MR) is 65.5 cm³/mol. The lowest BCUT2D eigenvalue weighted by Gasteiger charge is -2.22. The van der Waals surface area contributed by atoms with Gasteiger partial charge in [0.15, 0.2) is 23.6 Å². The number of amides is 1. The highest BCUT2D eigenvalue weighted by Crippen LogP contribution is 2.32. The summed E-state index contributed by atoms with van der Waals surface area (Å²) in [5.41, 5.74) is 1.78. The molecule has 0 heterocycles. The minimum Gasteiger partial charge on any atom is -0.504 e. The largest absolute Gasteiger partial charge is 0.504 e. The van der Waals surface area contributed by atoms with Crippen LogP contribution in [-0.2, 0) is 0 Å². The second kappa shape index (κ2) is 5.66. The molecule has 0 aliphatic heterocycles. The fraction of sp³-hybridized carbons (Fsp3) is 0.333. The average Bonchev–Trinajstić information content (AvgIpc) is 2.33. The molecule has 3 N–H and O–H groups in total. The van der Waals surface area contributed by atoms with Crippen LogP contribution in [0.2, 0.25) is 0 Å². The number of aldehydes is 1. The summed E-state index contributed by atoms with van der Waals surface area (Å²) >= 11 is 0. The zero-order chi connectivity index (χ0) is 14.7. The zero-order valence-electron chi connectivity index (χ0n) is 10.8. The molecule has 1 amide bonds. The number of nitrogens with one attached hydrogen (secondary N) is 1. The Balaban J connectivity index is 3.29. The van der Waals surface area contributed by atoms with E-state index in [-0.39, 0.29) is 17.9 Å². The number of aromatic hydroxyl groups is 2. The van der Waals surface area contributed by atoms with Gasteiger partial charge < -0.3 is 10.2 Å². The van der Waals surface area contributed by atoms with Crippen LogP contribution >= 0.6 is 0 Å². The molecule has 0 saturated heterocycles. The Bertz CT molecular complexity index is 517. The Morgan fingerprint density at radius 1 is 1.47 bits per heavy atom. The number of phenolic OH excluding ortho intramolecular Hbond substituents is 2. The molecule has 19 heavy (non-hydrogen) atoms. The Hall–Kier alpha value is -2.15. The Labute approximate surface area is 109 Å². The van der Waals surface area contributed by atoms with Crippen LogP contribution < -0.4 is 5.43 Å². The van der Waals surface area contributed by atoms with Gasteiger partial charge in [-0.25, -0.2) is 9.82 Å². The van der Waals surface area contributed by atoms with Crippen LogP contribution in [0.5, 0.6) is 11.5 Å². The Morgan fingerprint density at radius 3 is 2.53 bits per heavy atom. The molecule has 0 bridgehead atoms. The molecule has 1 aromatic rings. The lowest BCUT2D eigenvalue weighted by molar-refractivity contribution is 0.0686. The van der Waals surface area contributed by atoms with Gasteiger partial charge in [-0.3, -0.25) is 14.6 Å². The van der Waals surface area contributed by atoms with E-state index in [1.807, 2.05) is 0 Å². The number of hydrogen-bond donors (Lipinski definition) is 3. The van der Waals surface area contributed by atoms with E-state index < -0.39 is 28.8 Å². The molecular formula is C12H15FN2O4. The smallest absolute Gasteiger partial charge is 0.271 e. The second-order valence-electron chi connectivity index (χ2n) is 4.29. The van der Waals surface area contributed by atoms with Crippen molar-refractivity contribution in [1.82, 2.24) is 10.4 Å². The van der Waals surface area contributed by atoms with Crippen molar-refractivity contribution in [3.63, 3.8) is 0 Å².